The maximum Gasteiger partial charge on any atom is 0.0185 e. The van der Waals surface area contributed by atoms with E-state index in [1.165, 1.54) is 48.3 Å². The van der Waals surface area contributed by atoms with E-state index < -0.39 is 0 Å². The highest BCUT2D eigenvalue weighted by atomic mass is 32.2. The maximum absolute atomic E-state index is 3.61. The van der Waals surface area contributed by atoms with E-state index in [4.69, 9.17) is 0 Å². The van der Waals surface area contributed by atoms with Gasteiger partial charge in [0.25, 0.3) is 0 Å². The number of benzene rings is 1. The highest BCUT2D eigenvalue weighted by molar-refractivity contribution is 7.98. The van der Waals surface area contributed by atoms with Gasteiger partial charge in [-0.1, -0.05) is 35.7 Å². The Bertz CT molecular complexity index is 336. The Kier molecular flexibility index (Phi) is 4.93. The summed E-state index contributed by atoms with van der Waals surface area (Å²) in [6, 6.07) is 7.62. The van der Waals surface area contributed by atoms with Crippen molar-refractivity contribution in [3.8, 4) is 0 Å². The summed E-state index contributed by atoms with van der Waals surface area (Å²) >= 11 is 2.07. The summed E-state index contributed by atoms with van der Waals surface area (Å²) in [6.45, 7) is 5.59. The van der Waals surface area contributed by atoms with Crippen LogP contribution in [-0.4, -0.2) is 18.3 Å². The number of nitrogens with one attached hydrogen (secondary N) is 1. The van der Waals surface area contributed by atoms with Crippen LogP contribution in [-0.2, 0) is 5.75 Å². The van der Waals surface area contributed by atoms with Crippen LogP contribution in [0.4, 0.5) is 0 Å². The van der Waals surface area contributed by atoms with Gasteiger partial charge < -0.3 is 5.32 Å². The lowest BCUT2D eigenvalue weighted by molar-refractivity contribution is 0.430. The van der Waals surface area contributed by atoms with E-state index in [1.54, 1.807) is 0 Å². The molecule has 0 bridgehead atoms. The molecule has 1 aromatic carbocycles. The first-order chi connectivity index (χ1) is 8.24. The summed E-state index contributed by atoms with van der Waals surface area (Å²) in [5.74, 6) is 2.41. The Balaban J connectivity index is 1.77. The topological polar surface area (TPSA) is 12.0 Å². The number of thioether (sulfide) groups is 1. The van der Waals surface area contributed by atoms with Crippen molar-refractivity contribution in [2.75, 3.05) is 12.3 Å². The first kappa shape index (κ1) is 13.0. The summed E-state index contributed by atoms with van der Waals surface area (Å²) in [5, 5.41) is 3.61. The fraction of sp³-hybridized carbons (Fsp3) is 0.600. The van der Waals surface area contributed by atoms with E-state index in [9.17, 15) is 0 Å². The minimum atomic E-state index is 0.750. The van der Waals surface area contributed by atoms with Crippen molar-refractivity contribution in [3.05, 3.63) is 34.9 Å². The van der Waals surface area contributed by atoms with Gasteiger partial charge in [-0.05, 0) is 38.8 Å². The van der Waals surface area contributed by atoms with Gasteiger partial charge in [0, 0.05) is 17.5 Å². The molecule has 1 aromatic rings. The summed E-state index contributed by atoms with van der Waals surface area (Å²) in [7, 11) is 0. The van der Waals surface area contributed by atoms with Crippen molar-refractivity contribution < 1.29 is 0 Å². The fourth-order valence-corrected chi connectivity index (χ4v) is 3.63. The average molecular weight is 249 g/mol. The molecule has 0 aromatic heterocycles. The van der Waals surface area contributed by atoms with Crippen molar-refractivity contribution in [2.24, 2.45) is 0 Å². The fourth-order valence-electron chi connectivity index (χ4n) is 2.54. The molecular weight excluding hydrogens is 226 g/mol. The minimum absolute atomic E-state index is 0.750. The van der Waals surface area contributed by atoms with Crippen LogP contribution in [0.1, 0.15) is 36.0 Å². The van der Waals surface area contributed by atoms with Gasteiger partial charge in [-0.3, -0.25) is 0 Å². The second-order valence-corrected chi connectivity index (χ2v) is 6.19. The Morgan fingerprint density at radius 2 is 1.94 bits per heavy atom. The molecule has 1 unspecified atom stereocenters. The van der Waals surface area contributed by atoms with Crippen molar-refractivity contribution in [2.45, 2.75) is 44.9 Å². The minimum Gasteiger partial charge on any atom is -0.313 e. The molecule has 2 rings (SSSR count). The van der Waals surface area contributed by atoms with Gasteiger partial charge >= 0.3 is 0 Å². The SMILES string of the molecule is Cc1cc(C)cc(CSCC2CCCCN2)c1. The molecule has 94 valence electrons. The van der Waals surface area contributed by atoms with E-state index >= 15 is 0 Å². The monoisotopic (exact) mass is 249 g/mol. The predicted molar refractivity (Wildman–Crippen MR) is 77.7 cm³/mol. The van der Waals surface area contributed by atoms with Crippen LogP contribution in [0.2, 0.25) is 0 Å². The molecule has 0 aliphatic carbocycles. The lowest BCUT2D eigenvalue weighted by Crippen LogP contribution is -2.35. The van der Waals surface area contributed by atoms with Gasteiger partial charge in [0.2, 0.25) is 0 Å². The Hall–Kier alpha value is -0.470. The van der Waals surface area contributed by atoms with Gasteiger partial charge in [-0.2, -0.15) is 11.8 Å². The standard InChI is InChI=1S/C15H23NS/c1-12-7-13(2)9-14(8-12)10-17-11-15-5-3-4-6-16-15/h7-9,15-16H,3-6,10-11H2,1-2H3. The normalized spacial score (nSPS) is 20.5. The second kappa shape index (κ2) is 6.46. The van der Waals surface area contributed by atoms with E-state index in [2.05, 4.69) is 49.1 Å². The third-order valence-electron chi connectivity index (χ3n) is 3.28. The molecule has 0 radical (unpaired) electrons. The van der Waals surface area contributed by atoms with Crippen LogP contribution >= 0.6 is 11.8 Å². The Labute approximate surface area is 109 Å². The van der Waals surface area contributed by atoms with Crippen LogP contribution in [0.3, 0.4) is 0 Å². The molecule has 0 spiro atoms. The maximum atomic E-state index is 3.61. The molecule has 2 heteroatoms. The smallest absolute Gasteiger partial charge is 0.0185 e. The zero-order valence-corrected chi connectivity index (χ0v) is 11.8. The van der Waals surface area contributed by atoms with Crippen LogP contribution in [0.25, 0.3) is 0 Å². The van der Waals surface area contributed by atoms with E-state index in [0.29, 0.717) is 0 Å². The lowest BCUT2D eigenvalue weighted by Gasteiger charge is -2.23. The third-order valence-corrected chi connectivity index (χ3v) is 4.46. The number of piperidine rings is 1. The third kappa shape index (κ3) is 4.36. The van der Waals surface area contributed by atoms with Gasteiger partial charge in [-0.25, -0.2) is 0 Å². The second-order valence-electron chi connectivity index (χ2n) is 5.16. The number of rotatable bonds is 4. The van der Waals surface area contributed by atoms with Gasteiger partial charge in [-0.15, -0.1) is 0 Å². The number of hydrogen-bond donors (Lipinski definition) is 1. The van der Waals surface area contributed by atoms with Crippen LogP contribution in [0.15, 0.2) is 18.2 Å². The van der Waals surface area contributed by atoms with Crippen molar-refractivity contribution in [1.29, 1.82) is 0 Å². The largest absolute Gasteiger partial charge is 0.313 e. The van der Waals surface area contributed by atoms with E-state index in [0.717, 1.165) is 11.8 Å². The lowest BCUT2D eigenvalue weighted by atomic mass is 10.1. The van der Waals surface area contributed by atoms with Gasteiger partial charge in [0.15, 0.2) is 0 Å². The van der Waals surface area contributed by atoms with Gasteiger partial charge in [0.1, 0.15) is 0 Å². The molecule has 1 heterocycles. The predicted octanol–water partition coefficient (Wildman–Crippen LogP) is 3.68. The van der Waals surface area contributed by atoms with Gasteiger partial charge in [0.05, 0.1) is 0 Å². The van der Waals surface area contributed by atoms with Crippen LogP contribution in [0.5, 0.6) is 0 Å². The van der Waals surface area contributed by atoms with Crippen molar-refractivity contribution in [1.82, 2.24) is 5.32 Å². The van der Waals surface area contributed by atoms with Crippen molar-refractivity contribution >= 4 is 11.8 Å². The molecule has 1 aliphatic heterocycles. The summed E-state index contributed by atoms with van der Waals surface area (Å²) in [4.78, 5) is 0. The molecule has 1 aliphatic rings. The quantitative estimate of drug-likeness (QED) is 0.873. The summed E-state index contributed by atoms with van der Waals surface area (Å²) < 4.78 is 0. The molecule has 1 fully saturated rings. The zero-order valence-electron chi connectivity index (χ0n) is 11.0. The average Bonchev–Trinajstić information content (AvgIpc) is 2.29. The first-order valence-corrected chi connectivity index (χ1v) is 7.78. The Morgan fingerprint density at radius 1 is 1.18 bits per heavy atom. The van der Waals surface area contributed by atoms with E-state index in [1.807, 2.05) is 0 Å². The molecule has 1 saturated heterocycles. The van der Waals surface area contributed by atoms with E-state index in [-0.39, 0.29) is 0 Å². The highest BCUT2D eigenvalue weighted by Gasteiger charge is 2.11. The highest BCUT2D eigenvalue weighted by Crippen LogP contribution is 2.19. The number of hydrogen-bond acceptors (Lipinski definition) is 2. The molecule has 1 atom stereocenters. The molecule has 1 N–H and O–H groups in total. The molecule has 17 heavy (non-hydrogen) atoms. The van der Waals surface area contributed by atoms with Crippen LogP contribution < -0.4 is 5.32 Å². The molecule has 0 amide bonds. The van der Waals surface area contributed by atoms with Crippen molar-refractivity contribution in [3.63, 3.8) is 0 Å². The zero-order chi connectivity index (χ0) is 12.1. The molecule has 0 saturated carbocycles. The first-order valence-electron chi connectivity index (χ1n) is 6.62. The molecular formula is C15H23NS. The number of aryl methyl sites for hydroxylation is 2. The molecule has 1 nitrogen and oxygen atoms in total. The summed E-state index contributed by atoms with van der Waals surface area (Å²) in [6.07, 6.45) is 4.12. The summed E-state index contributed by atoms with van der Waals surface area (Å²) in [5.41, 5.74) is 4.25. The van der Waals surface area contributed by atoms with Crippen LogP contribution in [0, 0.1) is 13.8 Å². The Morgan fingerprint density at radius 3 is 2.59 bits per heavy atom.